The Morgan fingerprint density at radius 3 is 2.35 bits per heavy atom. The molecular weight excluding hydrogens is 252 g/mol. The highest BCUT2D eigenvalue weighted by Crippen LogP contribution is 2.13. The van der Waals surface area contributed by atoms with Crippen LogP contribution in [0.15, 0.2) is 29.4 Å². The lowest BCUT2D eigenvalue weighted by Crippen LogP contribution is -2.26. The third-order valence-corrected chi connectivity index (χ3v) is 3.15. The largest absolute Gasteiger partial charge is 0.497 e. The van der Waals surface area contributed by atoms with Crippen molar-refractivity contribution < 1.29 is 9.53 Å². The summed E-state index contributed by atoms with van der Waals surface area (Å²) >= 11 is 0. The number of hydrogen-bond acceptors (Lipinski definition) is 3. The van der Waals surface area contributed by atoms with E-state index in [1.165, 1.54) is 0 Å². The molecule has 0 aromatic heterocycles. The first kappa shape index (κ1) is 16.2. The van der Waals surface area contributed by atoms with Gasteiger partial charge in [-0.1, -0.05) is 26.7 Å². The van der Waals surface area contributed by atoms with E-state index in [1.807, 2.05) is 24.3 Å². The van der Waals surface area contributed by atoms with E-state index >= 15 is 0 Å². The van der Waals surface area contributed by atoms with Crippen LogP contribution in [0.2, 0.25) is 0 Å². The highest BCUT2D eigenvalue weighted by Gasteiger charge is 2.15. The van der Waals surface area contributed by atoms with Gasteiger partial charge in [-0.15, -0.1) is 0 Å². The second-order valence-corrected chi connectivity index (χ2v) is 4.78. The molecule has 0 atom stereocenters. The van der Waals surface area contributed by atoms with Crippen molar-refractivity contribution in [2.45, 2.75) is 39.5 Å². The van der Waals surface area contributed by atoms with Crippen LogP contribution >= 0.6 is 0 Å². The Hall–Kier alpha value is -1.84. The Morgan fingerprint density at radius 1 is 1.25 bits per heavy atom. The van der Waals surface area contributed by atoms with Gasteiger partial charge in [-0.2, -0.15) is 5.10 Å². The molecule has 1 aromatic carbocycles. The van der Waals surface area contributed by atoms with Crippen molar-refractivity contribution in [1.82, 2.24) is 5.43 Å². The number of benzene rings is 1. The highest BCUT2D eigenvalue weighted by molar-refractivity contribution is 5.83. The van der Waals surface area contributed by atoms with Gasteiger partial charge in [-0.3, -0.25) is 4.79 Å². The minimum Gasteiger partial charge on any atom is -0.497 e. The molecule has 0 fully saturated rings. The maximum atomic E-state index is 12.0. The maximum Gasteiger partial charge on any atom is 0.243 e. The molecule has 0 saturated heterocycles. The molecule has 0 saturated carbocycles. The summed E-state index contributed by atoms with van der Waals surface area (Å²) in [5.74, 6) is 0.883. The molecule has 0 spiro atoms. The van der Waals surface area contributed by atoms with Crippen molar-refractivity contribution in [3.63, 3.8) is 0 Å². The number of carbonyl (C=O) groups excluding carboxylic acids is 1. The molecule has 4 nitrogen and oxygen atoms in total. The fourth-order valence-corrected chi connectivity index (χ4v) is 2.06. The smallest absolute Gasteiger partial charge is 0.243 e. The first-order chi connectivity index (χ1) is 9.71. The van der Waals surface area contributed by atoms with Gasteiger partial charge in [-0.05, 0) is 42.7 Å². The average molecular weight is 276 g/mol. The lowest BCUT2D eigenvalue weighted by atomic mass is 9.98. The number of rotatable bonds is 8. The van der Waals surface area contributed by atoms with E-state index in [0.29, 0.717) is 0 Å². The van der Waals surface area contributed by atoms with E-state index in [0.717, 1.165) is 37.0 Å². The van der Waals surface area contributed by atoms with Crippen LogP contribution in [0.3, 0.4) is 0 Å². The fraction of sp³-hybridized carbons (Fsp3) is 0.500. The van der Waals surface area contributed by atoms with Crippen molar-refractivity contribution in [3.8, 4) is 5.75 Å². The second-order valence-electron chi connectivity index (χ2n) is 4.78. The number of amides is 1. The van der Waals surface area contributed by atoms with Crippen LogP contribution in [0.4, 0.5) is 0 Å². The molecule has 1 rings (SSSR count). The van der Waals surface area contributed by atoms with Gasteiger partial charge in [0.1, 0.15) is 5.75 Å². The van der Waals surface area contributed by atoms with Gasteiger partial charge in [-0.25, -0.2) is 5.43 Å². The second kappa shape index (κ2) is 9.13. The molecule has 0 radical (unpaired) electrons. The van der Waals surface area contributed by atoms with Crippen LogP contribution in [0, 0.1) is 5.92 Å². The molecule has 1 amide bonds. The van der Waals surface area contributed by atoms with Crippen molar-refractivity contribution >= 4 is 12.1 Å². The number of ether oxygens (including phenoxy) is 1. The van der Waals surface area contributed by atoms with Crippen LogP contribution in [0.25, 0.3) is 0 Å². The molecule has 110 valence electrons. The number of hydrogen-bond donors (Lipinski definition) is 1. The number of methoxy groups -OCH3 is 1. The quantitative estimate of drug-likeness (QED) is 0.584. The van der Waals surface area contributed by atoms with Gasteiger partial charge in [0.05, 0.1) is 13.3 Å². The summed E-state index contributed by atoms with van der Waals surface area (Å²) in [5, 5.41) is 4.02. The summed E-state index contributed by atoms with van der Waals surface area (Å²) in [5.41, 5.74) is 3.55. The zero-order chi connectivity index (χ0) is 14.8. The summed E-state index contributed by atoms with van der Waals surface area (Å²) in [6, 6.07) is 7.51. The Morgan fingerprint density at radius 2 is 1.85 bits per heavy atom. The minimum atomic E-state index is 0.0125. The molecule has 0 heterocycles. The molecule has 0 aliphatic carbocycles. The molecule has 1 N–H and O–H groups in total. The summed E-state index contributed by atoms with van der Waals surface area (Å²) in [6.07, 6.45) is 5.50. The first-order valence-corrected chi connectivity index (χ1v) is 7.18. The topological polar surface area (TPSA) is 50.7 Å². The van der Waals surface area contributed by atoms with Crippen LogP contribution in [0.5, 0.6) is 5.75 Å². The monoisotopic (exact) mass is 276 g/mol. The SMILES string of the molecule is CCCC(CCC)C(=O)N/N=C/c1ccc(OC)cc1. The van der Waals surface area contributed by atoms with Crippen molar-refractivity contribution in [2.24, 2.45) is 11.0 Å². The van der Waals surface area contributed by atoms with Gasteiger partial charge >= 0.3 is 0 Å². The van der Waals surface area contributed by atoms with E-state index < -0.39 is 0 Å². The zero-order valence-electron chi connectivity index (χ0n) is 12.6. The Labute approximate surface area is 121 Å². The lowest BCUT2D eigenvalue weighted by molar-refractivity contribution is -0.125. The van der Waals surface area contributed by atoms with Crippen molar-refractivity contribution in [2.75, 3.05) is 7.11 Å². The predicted molar refractivity (Wildman–Crippen MR) is 82.0 cm³/mol. The van der Waals surface area contributed by atoms with Gasteiger partial charge in [0.25, 0.3) is 0 Å². The maximum absolute atomic E-state index is 12.0. The fourth-order valence-electron chi connectivity index (χ4n) is 2.06. The molecule has 0 aliphatic heterocycles. The Bertz CT molecular complexity index is 421. The van der Waals surface area contributed by atoms with Crippen LogP contribution in [0.1, 0.15) is 45.1 Å². The molecule has 0 unspecified atom stereocenters. The van der Waals surface area contributed by atoms with Gasteiger partial charge in [0.15, 0.2) is 0 Å². The number of nitrogens with zero attached hydrogens (tertiary/aromatic N) is 1. The molecule has 0 aliphatic rings. The van der Waals surface area contributed by atoms with Gasteiger partial charge in [0, 0.05) is 5.92 Å². The van der Waals surface area contributed by atoms with E-state index in [9.17, 15) is 4.79 Å². The van der Waals surface area contributed by atoms with E-state index in [4.69, 9.17) is 4.74 Å². The normalized spacial score (nSPS) is 11.0. The van der Waals surface area contributed by atoms with E-state index in [2.05, 4.69) is 24.4 Å². The predicted octanol–water partition coefficient (Wildman–Crippen LogP) is 3.36. The average Bonchev–Trinajstić information content (AvgIpc) is 2.47. The van der Waals surface area contributed by atoms with Crippen LogP contribution in [-0.4, -0.2) is 19.2 Å². The van der Waals surface area contributed by atoms with E-state index in [-0.39, 0.29) is 11.8 Å². The third-order valence-electron chi connectivity index (χ3n) is 3.15. The van der Waals surface area contributed by atoms with Gasteiger partial charge < -0.3 is 4.74 Å². The highest BCUT2D eigenvalue weighted by atomic mass is 16.5. The first-order valence-electron chi connectivity index (χ1n) is 7.18. The third kappa shape index (κ3) is 5.43. The molecular formula is C16H24N2O2. The van der Waals surface area contributed by atoms with E-state index in [1.54, 1.807) is 13.3 Å². The van der Waals surface area contributed by atoms with Crippen molar-refractivity contribution in [1.29, 1.82) is 0 Å². The van der Waals surface area contributed by atoms with Crippen molar-refractivity contribution in [3.05, 3.63) is 29.8 Å². The summed E-state index contributed by atoms with van der Waals surface area (Å²) in [6.45, 7) is 4.19. The molecule has 0 bridgehead atoms. The zero-order valence-corrected chi connectivity index (χ0v) is 12.6. The van der Waals surface area contributed by atoms with Crippen LogP contribution < -0.4 is 10.2 Å². The molecule has 1 aromatic rings. The standard InChI is InChI=1S/C16H24N2O2/c1-4-6-14(7-5-2)16(19)18-17-12-13-8-10-15(20-3)11-9-13/h8-12,14H,4-7H2,1-3H3,(H,18,19)/b17-12+. The van der Waals surface area contributed by atoms with Gasteiger partial charge in [0.2, 0.25) is 5.91 Å². The Balaban J connectivity index is 2.51. The summed E-state index contributed by atoms with van der Waals surface area (Å²) < 4.78 is 5.08. The van der Waals surface area contributed by atoms with Crippen LogP contribution in [-0.2, 0) is 4.79 Å². The number of hydrazone groups is 1. The summed E-state index contributed by atoms with van der Waals surface area (Å²) in [4.78, 5) is 12.0. The minimum absolute atomic E-state index is 0.0125. The molecule has 20 heavy (non-hydrogen) atoms. The molecule has 4 heteroatoms. The number of nitrogens with one attached hydrogen (secondary N) is 1. The summed E-state index contributed by atoms with van der Waals surface area (Å²) in [7, 11) is 1.63. The lowest BCUT2D eigenvalue weighted by Gasteiger charge is -2.12. The Kier molecular flexibility index (Phi) is 7.40. The number of carbonyl (C=O) groups is 1.